The van der Waals surface area contributed by atoms with Crippen LogP contribution in [0.15, 0.2) is 53.3 Å². The van der Waals surface area contributed by atoms with Crippen LogP contribution in [0.3, 0.4) is 0 Å². The van der Waals surface area contributed by atoms with Gasteiger partial charge in [0.25, 0.3) is 5.56 Å². The van der Waals surface area contributed by atoms with Gasteiger partial charge in [-0.15, -0.1) is 0 Å². The summed E-state index contributed by atoms with van der Waals surface area (Å²) >= 11 is 0. The lowest BCUT2D eigenvalue weighted by Gasteiger charge is -2.09. The van der Waals surface area contributed by atoms with E-state index in [0.29, 0.717) is 18.5 Å². The van der Waals surface area contributed by atoms with Gasteiger partial charge in [0.2, 0.25) is 5.91 Å². The van der Waals surface area contributed by atoms with Gasteiger partial charge in [-0.2, -0.15) is 0 Å². The molecule has 6 heteroatoms. The summed E-state index contributed by atoms with van der Waals surface area (Å²) in [6.45, 7) is 0.383. The zero-order valence-electron chi connectivity index (χ0n) is 15.4. The van der Waals surface area contributed by atoms with E-state index in [-0.39, 0.29) is 17.9 Å². The Bertz CT molecular complexity index is 1010. The molecule has 0 spiro atoms. The largest absolute Gasteiger partial charge is 0.497 e. The van der Waals surface area contributed by atoms with Crippen LogP contribution in [0.4, 0.5) is 0 Å². The van der Waals surface area contributed by atoms with E-state index in [1.165, 1.54) is 0 Å². The predicted molar refractivity (Wildman–Crippen MR) is 104 cm³/mol. The van der Waals surface area contributed by atoms with E-state index >= 15 is 0 Å². The number of pyridine rings is 1. The Kier molecular flexibility index (Phi) is 5.76. The number of aromatic nitrogens is 1. The third kappa shape index (κ3) is 4.47. The molecule has 27 heavy (non-hydrogen) atoms. The van der Waals surface area contributed by atoms with Crippen molar-refractivity contribution in [3.63, 3.8) is 0 Å². The molecule has 0 aliphatic carbocycles. The summed E-state index contributed by atoms with van der Waals surface area (Å²) < 4.78 is 10.5. The highest BCUT2D eigenvalue weighted by molar-refractivity contribution is 5.81. The zero-order chi connectivity index (χ0) is 19.2. The molecule has 0 saturated carbocycles. The molecule has 0 unspecified atom stereocenters. The molecule has 140 valence electrons. The molecular formula is C21H22N2O4. The number of aromatic amines is 1. The quantitative estimate of drug-likeness (QED) is 0.674. The van der Waals surface area contributed by atoms with Gasteiger partial charge in [0.05, 0.1) is 14.2 Å². The molecule has 0 aliphatic rings. The summed E-state index contributed by atoms with van der Waals surface area (Å²) in [6.07, 6.45) is 0.591. The summed E-state index contributed by atoms with van der Waals surface area (Å²) in [5.74, 6) is 1.33. The minimum absolute atomic E-state index is 0.119. The summed E-state index contributed by atoms with van der Waals surface area (Å²) in [6, 6.07) is 14.8. The SMILES string of the molecule is COc1ccc2[nH]c(=O)c(CCC(=O)NCc3ccccc3OC)cc2c1. The van der Waals surface area contributed by atoms with Gasteiger partial charge in [-0.05, 0) is 36.8 Å². The standard InChI is InChI=1S/C21H22N2O4/c1-26-17-8-9-18-16(12-17)11-14(21(25)23-18)7-10-20(24)22-13-15-5-3-4-6-19(15)27-2/h3-6,8-9,11-12H,7,10,13H2,1-2H3,(H,22,24)(H,23,25). The third-order valence-corrected chi connectivity index (χ3v) is 4.42. The molecule has 2 aromatic carbocycles. The molecule has 6 nitrogen and oxygen atoms in total. The fraction of sp³-hybridized carbons (Fsp3) is 0.238. The van der Waals surface area contributed by atoms with Crippen LogP contribution in [0, 0.1) is 0 Å². The fourth-order valence-electron chi connectivity index (χ4n) is 2.92. The van der Waals surface area contributed by atoms with Crippen molar-refractivity contribution in [2.24, 2.45) is 0 Å². The van der Waals surface area contributed by atoms with Crippen LogP contribution < -0.4 is 20.3 Å². The Balaban J connectivity index is 1.64. The summed E-state index contributed by atoms with van der Waals surface area (Å²) in [5.41, 5.74) is 2.04. The topological polar surface area (TPSA) is 80.4 Å². The molecule has 0 saturated heterocycles. The maximum Gasteiger partial charge on any atom is 0.251 e. The second kappa shape index (κ2) is 8.40. The number of hydrogen-bond acceptors (Lipinski definition) is 4. The number of nitrogens with one attached hydrogen (secondary N) is 2. The molecule has 1 amide bonds. The van der Waals surface area contributed by atoms with Gasteiger partial charge in [0.1, 0.15) is 11.5 Å². The highest BCUT2D eigenvalue weighted by Gasteiger charge is 2.09. The van der Waals surface area contributed by atoms with E-state index < -0.39 is 0 Å². The van der Waals surface area contributed by atoms with Crippen LogP contribution in [0.25, 0.3) is 10.9 Å². The van der Waals surface area contributed by atoms with Gasteiger partial charge in [-0.3, -0.25) is 9.59 Å². The molecule has 3 rings (SSSR count). The third-order valence-electron chi connectivity index (χ3n) is 4.42. The van der Waals surface area contributed by atoms with Crippen LogP contribution in [-0.4, -0.2) is 25.1 Å². The average molecular weight is 366 g/mol. The van der Waals surface area contributed by atoms with Gasteiger partial charge in [0, 0.05) is 35.0 Å². The Hall–Kier alpha value is -3.28. The lowest BCUT2D eigenvalue weighted by atomic mass is 10.1. The van der Waals surface area contributed by atoms with Crippen LogP contribution in [0.1, 0.15) is 17.5 Å². The molecule has 0 atom stereocenters. The first-order valence-electron chi connectivity index (χ1n) is 8.69. The number of H-pyrrole nitrogens is 1. The number of ether oxygens (including phenoxy) is 2. The summed E-state index contributed by atoms with van der Waals surface area (Å²) in [7, 11) is 3.20. The number of amides is 1. The zero-order valence-corrected chi connectivity index (χ0v) is 15.4. The Morgan fingerprint density at radius 1 is 1.04 bits per heavy atom. The molecule has 0 aliphatic heterocycles. The van der Waals surface area contributed by atoms with E-state index in [4.69, 9.17) is 9.47 Å². The van der Waals surface area contributed by atoms with Crippen LogP contribution in [-0.2, 0) is 17.8 Å². The molecule has 0 radical (unpaired) electrons. The number of benzene rings is 2. The molecule has 1 aromatic heterocycles. The molecule has 3 aromatic rings. The average Bonchev–Trinajstić information content (AvgIpc) is 2.70. The minimum Gasteiger partial charge on any atom is -0.497 e. The number of carbonyl (C=O) groups excluding carboxylic acids is 1. The number of aryl methyl sites for hydroxylation is 1. The van der Waals surface area contributed by atoms with Gasteiger partial charge in [-0.25, -0.2) is 0 Å². The number of fused-ring (bicyclic) bond motifs is 1. The maximum absolute atomic E-state index is 12.2. The highest BCUT2D eigenvalue weighted by atomic mass is 16.5. The van der Waals surface area contributed by atoms with Gasteiger partial charge >= 0.3 is 0 Å². The van der Waals surface area contributed by atoms with Crippen molar-refractivity contribution in [1.29, 1.82) is 0 Å². The second-order valence-corrected chi connectivity index (χ2v) is 6.17. The number of hydrogen-bond donors (Lipinski definition) is 2. The van der Waals surface area contributed by atoms with Crippen molar-refractivity contribution < 1.29 is 14.3 Å². The summed E-state index contributed by atoms with van der Waals surface area (Å²) in [5, 5.41) is 3.74. The Morgan fingerprint density at radius 3 is 2.63 bits per heavy atom. The first-order chi connectivity index (χ1) is 13.1. The first kappa shape index (κ1) is 18.5. The molecule has 0 fully saturated rings. The lowest BCUT2D eigenvalue weighted by molar-refractivity contribution is -0.121. The Labute approximate surface area is 157 Å². The molecular weight excluding hydrogens is 344 g/mol. The van der Waals surface area contributed by atoms with E-state index in [2.05, 4.69) is 10.3 Å². The lowest BCUT2D eigenvalue weighted by Crippen LogP contribution is -2.24. The maximum atomic E-state index is 12.2. The van der Waals surface area contributed by atoms with E-state index in [9.17, 15) is 9.59 Å². The first-order valence-corrected chi connectivity index (χ1v) is 8.69. The Morgan fingerprint density at radius 2 is 1.85 bits per heavy atom. The number of carbonyl (C=O) groups is 1. The number of methoxy groups -OCH3 is 2. The monoisotopic (exact) mass is 366 g/mol. The number of para-hydroxylation sites is 1. The fourth-order valence-corrected chi connectivity index (χ4v) is 2.92. The van der Waals surface area contributed by atoms with E-state index in [0.717, 1.165) is 28.0 Å². The van der Waals surface area contributed by atoms with Gasteiger partial charge in [0.15, 0.2) is 0 Å². The predicted octanol–water partition coefficient (Wildman–Crippen LogP) is 2.79. The van der Waals surface area contributed by atoms with E-state index in [1.807, 2.05) is 36.4 Å². The van der Waals surface area contributed by atoms with Crippen molar-refractivity contribution in [1.82, 2.24) is 10.3 Å². The van der Waals surface area contributed by atoms with Crippen molar-refractivity contribution in [2.45, 2.75) is 19.4 Å². The smallest absolute Gasteiger partial charge is 0.251 e. The molecule has 0 bridgehead atoms. The molecule has 1 heterocycles. The van der Waals surface area contributed by atoms with Gasteiger partial charge < -0.3 is 19.8 Å². The van der Waals surface area contributed by atoms with E-state index in [1.54, 1.807) is 26.4 Å². The summed E-state index contributed by atoms with van der Waals surface area (Å²) in [4.78, 5) is 27.3. The van der Waals surface area contributed by atoms with Crippen LogP contribution >= 0.6 is 0 Å². The second-order valence-electron chi connectivity index (χ2n) is 6.17. The highest BCUT2D eigenvalue weighted by Crippen LogP contribution is 2.19. The minimum atomic E-state index is -0.176. The van der Waals surface area contributed by atoms with Gasteiger partial charge in [-0.1, -0.05) is 18.2 Å². The van der Waals surface area contributed by atoms with Crippen LogP contribution in [0.5, 0.6) is 11.5 Å². The van der Waals surface area contributed by atoms with Crippen molar-refractivity contribution in [3.8, 4) is 11.5 Å². The van der Waals surface area contributed by atoms with Crippen LogP contribution in [0.2, 0.25) is 0 Å². The normalized spacial score (nSPS) is 10.6. The molecule has 2 N–H and O–H groups in total. The van der Waals surface area contributed by atoms with Crippen molar-refractivity contribution in [2.75, 3.05) is 14.2 Å². The van der Waals surface area contributed by atoms with Crippen molar-refractivity contribution in [3.05, 3.63) is 70.0 Å². The number of rotatable bonds is 7. The van der Waals surface area contributed by atoms with Crippen molar-refractivity contribution >= 4 is 16.8 Å².